The van der Waals surface area contributed by atoms with Crippen molar-refractivity contribution in [1.29, 1.82) is 0 Å². The van der Waals surface area contributed by atoms with Crippen molar-refractivity contribution >= 4 is 6.08 Å². The van der Waals surface area contributed by atoms with E-state index in [1.165, 1.54) is 12.1 Å². The number of aliphatic hydroxyl groups excluding tert-OH is 1. The molecule has 1 nitrogen and oxygen atoms in total. The molecular formula is C9H9FO. The first kappa shape index (κ1) is 7.95. The highest BCUT2D eigenvalue weighted by Crippen LogP contribution is 2.07. The van der Waals surface area contributed by atoms with Gasteiger partial charge in [-0.05, 0) is 6.07 Å². The number of hydrogen-bond acceptors (Lipinski definition) is 1. The van der Waals surface area contributed by atoms with Crippen LogP contribution in [0.1, 0.15) is 5.56 Å². The molecule has 58 valence electrons. The van der Waals surface area contributed by atoms with E-state index in [9.17, 15) is 4.39 Å². The summed E-state index contributed by atoms with van der Waals surface area (Å²) in [6.07, 6.45) is 3.05. The Morgan fingerprint density at radius 2 is 2.09 bits per heavy atom. The zero-order valence-electron chi connectivity index (χ0n) is 6.00. The third-order valence-corrected chi connectivity index (χ3v) is 1.31. The minimum Gasteiger partial charge on any atom is -0.392 e. The van der Waals surface area contributed by atoms with Crippen LogP contribution in [0.5, 0.6) is 0 Å². The van der Waals surface area contributed by atoms with Crippen LogP contribution in [0, 0.1) is 5.82 Å². The maximum absolute atomic E-state index is 12.8. The lowest BCUT2D eigenvalue weighted by molar-refractivity contribution is 0.343. The van der Waals surface area contributed by atoms with Gasteiger partial charge in [0.15, 0.2) is 0 Å². The Morgan fingerprint density at radius 3 is 2.73 bits per heavy atom. The van der Waals surface area contributed by atoms with E-state index in [0.717, 1.165) is 0 Å². The number of halogens is 1. The summed E-state index contributed by atoms with van der Waals surface area (Å²) in [5, 5.41) is 8.41. The molecule has 0 heterocycles. The SMILES string of the molecule is OCC=Cc1ccccc1F. The first-order chi connectivity index (χ1) is 5.34. The standard InChI is InChI=1S/C9H9FO/c10-9-6-2-1-4-8(9)5-3-7-11/h1-6,11H,7H2. The smallest absolute Gasteiger partial charge is 0.130 e. The molecule has 0 unspecified atom stereocenters. The number of benzene rings is 1. The average Bonchev–Trinajstić information content (AvgIpc) is 2.03. The monoisotopic (exact) mass is 152 g/mol. The summed E-state index contributed by atoms with van der Waals surface area (Å²) in [6, 6.07) is 6.42. The van der Waals surface area contributed by atoms with Crippen LogP contribution in [-0.4, -0.2) is 11.7 Å². The van der Waals surface area contributed by atoms with Crippen LogP contribution in [0.3, 0.4) is 0 Å². The molecule has 1 N–H and O–H groups in total. The van der Waals surface area contributed by atoms with Crippen LogP contribution in [0.2, 0.25) is 0 Å². The van der Waals surface area contributed by atoms with Gasteiger partial charge in [-0.15, -0.1) is 0 Å². The Hall–Kier alpha value is -1.15. The molecule has 0 saturated heterocycles. The van der Waals surface area contributed by atoms with E-state index in [-0.39, 0.29) is 12.4 Å². The molecule has 1 rings (SSSR count). The molecule has 2 heteroatoms. The molecule has 0 aliphatic heterocycles. The Labute approximate surface area is 64.8 Å². The zero-order chi connectivity index (χ0) is 8.10. The summed E-state index contributed by atoms with van der Waals surface area (Å²) in [7, 11) is 0. The second-order valence-corrected chi connectivity index (χ2v) is 2.11. The summed E-state index contributed by atoms with van der Waals surface area (Å²) < 4.78 is 12.8. The molecule has 0 amide bonds. The molecule has 0 radical (unpaired) electrons. The van der Waals surface area contributed by atoms with Crippen molar-refractivity contribution in [2.45, 2.75) is 0 Å². The maximum Gasteiger partial charge on any atom is 0.130 e. The number of rotatable bonds is 2. The third-order valence-electron chi connectivity index (χ3n) is 1.31. The second kappa shape index (κ2) is 3.88. The Balaban J connectivity index is 2.86. The molecule has 0 bridgehead atoms. The van der Waals surface area contributed by atoms with E-state index in [0.29, 0.717) is 5.56 Å². The van der Waals surface area contributed by atoms with E-state index in [2.05, 4.69) is 0 Å². The first-order valence-electron chi connectivity index (χ1n) is 3.36. The molecule has 0 atom stereocenters. The highest BCUT2D eigenvalue weighted by molar-refractivity contribution is 5.49. The molecular weight excluding hydrogens is 143 g/mol. The molecule has 1 aromatic rings. The fourth-order valence-corrected chi connectivity index (χ4v) is 0.790. The van der Waals surface area contributed by atoms with Gasteiger partial charge < -0.3 is 5.11 Å². The summed E-state index contributed by atoms with van der Waals surface area (Å²) in [5.41, 5.74) is 0.501. The Morgan fingerprint density at radius 1 is 1.36 bits per heavy atom. The molecule has 0 spiro atoms. The van der Waals surface area contributed by atoms with Gasteiger partial charge in [0.2, 0.25) is 0 Å². The average molecular weight is 152 g/mol. The van der Waals surface area contributed by atoms with Gasteiger partial charge in [0.05, 0.1) is 6.61 Å². The van der Waals surface area contributed by atoms with Crippen molar-refractivity contribution in [2.24, 2.45) is 0 Å². The summed E-state index contributed by atoms with van der Waals surface area (Å²) in [5.74, 6) is -0.266. The van der Waals surface area contributed by atoms with Gasteiger partial charge in [0.1, 0.15) is 5.82 Å². The topological polar surface area (TPSA) is 20.2 Å². The van der Waals surface area contributed by atoms with Crippen LogP contribution in [0.4, 0.5) is 4.39 Å². The maximum atomic E-state index is 12.8. The van der Waals surface area contributed by atoms with Crippen LogP contribution in [-0.2, 0) is 0 Å². The second-order valence-electron chi connectivity index (χ2n) is 2.11. The van der Waals surface area contributed by atoms with E-state index in [1.54, 1.807) is 24.3 Å². The normalized spacial score (nSPS) is 10.7. The van der Waals surface area contributed by atoms with E-state index in [1.807, 2.05) is 0 Å². The van der Waals surface area contributed by atoms with Gasteiger partial charge in [-0.3, -0.25) is 0 Å². The lowest BCUT2D eigenvalue weighted by Crippen LogP contribution is -1.80. The van der Waals surface area contributed by atoms with Gasteiger partial charge in [-0.25, -0.2) is 4.39 Å². The zero-order valence-corrected chi connectivity index (χ0v) is 6.00. The highest BCUT2D eigenvalue weighted by Gasteiger charge is 1.92. The van der Waals surface area contributed by atoms with Crippen LogP contribution in [0.15, 0.2) is 30.3 Å². The van der Waals surface area contributed by atoms with E-state index >= 15 is 0 Å². The van der Waals surface area contributed by atoms with E-state index in [4.69, 9.17) is 5.11 Å². The van der Waals surface area contributed by atoms with Crippen molar-refractivity contribution in [1.82, 2.24) is 0 Å². The Bertz CT molecular complexity index is 255. The molecule has 0 fully saturated rings. The largest absolute Gasteiger partial charge is 0.392 e. The molecule has 0 saturated carbocycles. The van der Waals surface area contributed by atoms with Gasteiger partial charge in [0.25, 0.3) is 0 Å². The predicted octanol–water partition coefficient (Wildman–Crippen LogP) is 1.83. The minimum absolute atomic E-state index is 0.0612. The van der Waals surface area contributed by atoms with Gasteiger partial charge in [-0.1, -0.05) is 30.4 Å². The van der Waals surface area contributed by atoms with Crippen molar-refractivity contribution < 1.29 is 9.50 Å². The molecule has 1 aromatic carbocycles. The third kappa shape index (κ3) is 2.16. The van der Waals surface area contributed by atoms with Gasteiger partial charge >= 0.3 is 0 Å². The molecule has 0 aliphatic rings. The first-order valence-corrected chi connectivity index (χ1v) is 3.36. The van der Waals surface area contributed by atoms with Crippen molar-refractivity contribution in [2.75, 3.05) is 6.61 Å². The summed E-state index contributed by atoms with van der Waals surface area (Å²) in [4.78, 5) is 0. The van der Waals surface area contributed by atoms with Crippen molar-refractivity contribution in [3.05, 3.63) is 41.7 Å². The molecule has 11 heavy (non-hydrogen) atoms. The fraction of sp³-hybridized carbons (Fsp3) is 0.111. The van der Waals surface area contributed by atoms with Crippen molar-refractivity contribution in [3.63, 3.8) is 0 Å². The minimum atomic E-state index is -0.266. The summed E-state index contributed by atoms with van der Waals surface area (Å²) >= 11 is 0. The van der Waals surface area contributed by atoms with Gasteiger partial charge in [0, 0.05) is 5.56 Å². The molecule has 0 aromatic heterocycles. The highest BCUT2D eigenvalue weighted by atomic mass is 19.1. The predicted molar refractivity (Wildman–Crippen MR) is 42.5 cm³/mol. The number of aliphatic hydroxyl groups is 1. The van der Waals surface area contributed by atoms with Crippen molar-refractivity contribution in [3.8, 4) is 0 Å². The van der Waals surface area contributed by atoms with Gasteiger partial charge in [-0.2, -0.15) is 0 Å². The van der Waals surface area contributed by atoms with E-state index < -0.39 is 0 Å². The van der Waals surface area contributed by atoms with Crippen LogP contribution in [0.25, 0.3) is 6.08 Å². The summed E-state index contributed by atoms with van der Waals surface area (Å²) in [6.45, 7) is -0.0612. The van der Waals surface area contributed by atoms with Crippen LogP contribution >= 0.6 is 0 Å². The molecule has 0 aliphatic carbocycles. The fourth-order valence-electron chi connectivity index (χ4n) is 0.790. The van der Waals surface area contributed by atoms with Crippen LogP contribution < -0.4 is 0 Å². The quantitative estimate of drug-likeness (QED) is 0.685. The Kier molecular flexibility index (Phi) is 2.81. The number of hydrogen-bond donors (Lipinski definition) is 1. The lowest BCUT2D eigenvalue weighted by atomic mass is 10.2. The lowest BCUT2D eigenvalue weighted by Gasteiger charge is -1.93.